The molecule has 0 radical (unpaired) electrons. The van der Waals surface area contributed by atoms with Crippen molar-refractivity contribution in [2.24, 2.45) is 17.8 Å². The standard InChI is InChI=1S/C22H28F2N6O2/c1-12-3-6-30(12)21-26-19-13(2-4-22(19,23)24)20(27-21)29-9-15-14(16(15)10-29)8-18(32)28-7-5-25-17(31)11-28/h12,14-16H,2-11H2,1H3,(H,25,31)/t12-,14?,15-,16+/m0/s1. The summed E-state index contributed by atoms with van der Waals surface area (Å²) < 4.78 is 29.1. The number of piperazine rings is 1. The van der Waals surface area contributed by atoms with Crippen molar-refractivity contribution in [1.82, 2.24) is 20.2 Å². The zero-order valence-electron chi connectivity index (χ0n) is 18.2. The lowest BCUT2D eigenvalue weighted by Crippen LogP contribution is -2.50. The minimum absolute atomic E-state index is 0.0439. The summed E-state index contributed by atoms with van der Waals surface area (Å²) in [5.74, 6) is -0.770. The quantitative estimate of drug-likeness (QED) is 0.747. The molecule has 2 aliphatic carbocycles. The molecule has 3 saturated heterocycles. The maximum absolute atomic E-state index is 14.6. The van der Waals surface area contributed by atoms with Crippen LogP contribution in [-0.4, -0.2) is 72.0 Å². The number of halogens is 2. The number of nitrogens with zero attached hydrogens (tertiary/aromatic N) is 5. The van der Waals surface area contributed by atoms with Gasteiger partial charge in [-0.15, -0.1) is 0 Å². The average Bonchev–Trinajstić information content (AvgIpc) is 3.07. The summed E-state index contributed by atoms with van der Waals surface area (Å²) in [6.07, 6.45) is 1.59. The van der Waals surface area contributed by atoms with Crippen LogP contribution in [0.15, 0.2) is 0 Å². The number of anilines is 2. The van der Waals surface area contributed by atoms with E-state index in [0.717, 1.165) is 26.1 Å². The molecule has 172 valence electrons. The highest BCUT2D eigenvalue weighted by molar-refractivity contribution is 5.86. The minimum atomic E-state index is -2.89. The molecule has 10 heteroatoms. The van der Waals surface area contributed by atoms with Crippen LogP contribution in [0.4, 0.5) is 20.5 Å². The van der Waals surface area contributed by atoms with E-state index < -0.39 is 5.92 Å². The van der Waals surface area contributed by atoms with Gasteiger partial charge < -0.3 is 20.0 Å². The predicted molar refractivity (Wildman–Crippen MR) is 113 cm³/mol. The van der Waals surface area contributed by atoms with Gasteiger partial charge in [0.2, 0.25) is 17.8 Å². The fourth-order valence-corrected chi connectivity index (χ4v) is 5.90. The molecule has 0 spiro atoms. The number of carbonyl (C=O) groups is 2. The van der Waals surface area contributed by atoms with Crippen LogP contribution >= 0.6 is 0 Å². The second kappa shape index (κ2) is 6.99. The van der Waals surface area contributed by atoms with Crippen molar-refractivity contribution in [3.05, 3.63) is 11.3 Å². The van der Waals surface area contributed by atoms with Gasteiger partial charge in [0.15, 0.2) is 0 Å². The first kappa shape index (κ1) is 20.1. The molecule has 6 rings (SSSR count). The fourth-order valence-electron chi connectivity index (χ4n) is 5.90. The maximum atomic E-state index is 14.6. The first-order valence-electron chi connectivity index (χ1n) is 11.7. The molecule has 1 N–H and O–H groups in total. The first-order valence-corrected chi connectivity index (χ1v) is 11.7. The highest BCUT2D eigenvalue weighted by Gasteiger charge is 2.57. The number of hydrogen-bond donors (Lipinski definition) is 1. The summed E-state index contributed by atoms with van der Waals surface area (Å²) in [7, 11) is 0. The number of carbonyl (C=O) groups excluding carboxylic acids is 2. The van der Waals surface area contributed by atoms with Crippen LogP contribution in [0.25, 0.3) is 0 Å². The molecule has 5 aliphatic rings. The van der Waals surface area contributed by atoms with Crippen molar-refractivity contribution >= 4 is 23.6 Å². The van der Waals surface area contributed by atoms with Gasteiger partial charge in [0.25, 0.3) is 5.92 Å². The molecule has 8 nitrogen and oxygen atoms in total. The van der Waals surface area contributed by atoms with E-state index in [9.17, 15) is 18.4 Å². The Morgan fingerprint density at radius 3 is 2.66 bits per heavy atom. The van der Waals surface area contributed by atoms with E-state index in [1.807, 2.05) is 4.90 Å². The van der Waals surface area contributed by atoms with Crippen LogP contribution in [0.2, 0.25) is 0 Å². The van der Waals surface area contributed by atoms with Crippen LogP contribution in [0.1, 0.15) is 37.4 Å². The second-order valence-electron chi connectivity index (χ2n) is 9.98. The molecule has 0 bridgehead atoms. The topological polar surface area (TPSA) is 81.7 Å². The summed E-state index contributed by atoms with van der Waals surface area (Å²) in [6.45, 7) is 5.58. The van der Waals surface area contributed by atoms with Gasteiger partial charge in [-0.05, 0) is 37.5 Å². The Labute approximate surface area is 185 Å². The van der Waals surface area contributed by atoms with Gasteiger partial charge in [-0.3, -0.25) is 9.59 Å². The number of piperidine rings is 1. The number of hydrogen-bond acceptors (Lipinski definition) is 6. The molecule has 2 amide bonds. The van der Waals surface area contributed by atoms with Gasteiger partial charge in [-0.1, -0.05) is 0 Å². The van der Waals surface area contributed by atoms with E-state index in [1.54, 1.807) is 4.90 Å². The van der Waals surface area contributed by atoms with Gasteiger partial charge in [0, 0.05) is 57.2 Å². The lowest BCUT2D eigenvalue weighted by atomic mass is 10.1. The molecular weight excluding hydrogens is 418 g/mol. The predicted octanol–water partition coefficient (Wildman–Crippen LogP) is 1.14. The normalized spacial score (nSPS) is 32.3. The van der Waals surface area contributed by atoms with Crippen LogP contribution in [0, 0.1) is 17.8 Å². The Morgan fingerprint density at radius 1 is 1.22 bits per heavy atom. The first-order chi connectivity index (χ1) is 15.3. The van der Waals surface area contributed by atoms with Gasteiger partial charge in [-0.2, -0.15) is 13.8 Å². The molecule has 32 heavy (non-hydrogen) atoms. The van der Waals surface area contributed by atoms with E-state index in [2.05, 4.69) is 22.1 Å². The van der Waals surface area contributed by atoms with E-state index in [-0.39, 0.29) is 36.5 Å². The molecule has 4 heterocycles. The average molecular weight is 447 g/mol. The van der Waals surface area contributed by atoms with Crippen LogP contribution in [0.3, 0.4) is 0 Å². The van der Waals surface area contributed by atoms with Gasteiger partial charge in [0.1, 0.15) is 11.5 Å². The van der Waals surface area contributed by atoms with Crippen molar-refractivity contribution in [2.75, 3.05) is 49.1 Å². The molecular formula is C22H28F2N6O2. The monoisotopic (exact) mass is 446 g/mol. The third kappa shape index (κ3) is 3.13. The van der Waals surface area contributed by atoms with Crippen molar-refractivity contribution in [1.29, 1.82) is 0 Å². The lowest BCUT2D eigenvalue weighted by Gasteiger charge is -2.39. The van der Waals surface area contributed by atoms with E-state index in [1.165, 1.54) is 0 Å². The Hall–Kier alpha value is -2.52. The van der Waals surface area contributed by atoms with E-state index in [4.69, 9.17) is 4.98 Å². The van der Waals surface area contributed by atoms with Crippen LogP contribution < -0.4 is 15.1 Å². The van der Waals surface area contributed by atoms with Crippen LogP contribution in [0.5, 0.6) is 0 Å². The number of rotatable bonds is 4. The molecule has 4 fully saturated rings. The number of fused-ring (bicyclic) bond motifs is 2. The maximum Gasteiger partial charge on any atom is 0.290 e. The van der Waals surface area contributed by atoms with Gasteiger partial charge in [-0.25, -0.2) is 4.98 Å². The Bertz CT molecular complexity index is 975. The molecule has 0 aromatic carbocycles. The summed E-state index contributed by atoms with van der Waals surface area (Å²) in [6, 6.07) is 0.273. The molecule has 1 aromatic rings. The largest absolute Gasteiger partial charge is 0.356 e. The van der Waals surface area contributed by atoms with Gasteiger partial charge >= 0.3 is 0 Å². The van der Waals surface area contributed by atoms with Gasteiger partial charge in [0.05, 0.1) is 6.54 Å². The smallest absolute Gasteiger partial charge is 0.290 e. The number of aromatic nitrogens is 2. The molecule has 1 aromatic heterocycles. The fraction of sp³-hybridized carbons (Fsp3) is 0.727. The number of amides is 2. The summed E-state index contributed by atoms with van der Waals surface area (Å²) in [4.78, 5) is 39.0. The SMILES string of the molecule is C[C@H]1CCN1c1nc(N2C[C@@H]3C(CC(=O)N4CCNC(=O)C4)[C@@H]3C2)c2c(n1)C(F)(F)CC2. The number of nitrogens with one attached hydrogen (secondary N) is 1. The summed E-state index contributed by atoms with van der Waals surface area (Å²) >= 11 is 0. The van der Waals surface area contributed by atoms with E-state index >= 15 is 0 Å². The summed E-state index contributed by atoms with van der Waals surface area (Å²) in [5.41, 5.74) is 0.507. The molecule has 3 aliphatic heterocycles. The highest BCUT2D eigenvalue weighted by atomic mass is 19.3. The molecule has 1 saturated carbocycles. The highest BCUT2D eigenvalue weighted by Crippen LogP contribution is 2.55. The lowest BCUT2D eigenvalue weighted by molar-refractivity contribution is -0.138. The Kier molecular flexibility index (Phi) is 4.39. The minimum Gasteiger partial charge on any atom is -0.356 e. The zero-order valence-corrected chi connectivity index (χ0v) is 18.2. The second-order valence-corrected chi connectivity index (χ2v) is 9.98. The third-order valence-corrected chi connectivity index (χ3v) is 8.06. The number of alkyl halides is 2. The van der Waals surface area contributed by atoms with Crippen molar-refractivity contribution in [2.45, 2.75) is 44.6 Å². The van der Waals surface area contributed by atoms with E-state index in [0.29, 0.717) is 61.0 Å². The third-order valence-electron chi connectivity index (χ3n) is 8.06. The van der Waals surface area contributed by atoms with Crippen molar-refractivity contribution in [3.8, 4) is 0 Å². The van der Waals surface area contributed by atoms with Crippen LogP contribution in [-0.2, 0) is 21.9 Å². The Morgan fingerprint density at radius 2 is 2.00 bits per heavy atom. The molecule has 4 atom stereocenters. The summed E-state index contributed by atoms with van der Waals surface area (Å²) in [5, 5.41) is 2.74. The Balaban J connectivity index is 1.17. The zero-order chi connectivity index (χ0) is 22.2. The van der Waals surface area contributed by atoms with Crippen molar-refractivity contribution in [3.63, 3.8) is 0 Å². The molecule has 1 unspecified atom stereocenters. The van der Waals surface area contributed by atoms with Crippen molar-refractivity contribution < 1.29 is 18.4 Å².